The van der Waals surface area contributed by atoms with Gasteiger partial charge in [-0.1, -0.05) is 19.6 Å². The second-order valence-electron chi connectivity index (χ2n) is 2.33. The summed E-state index contributed by atoms with van der Waals surface area (Å²) in [6.07, 6.45) is 2.96. The first-order valence-electron chi connectivity index (χ1n) is 3.98. The lowest BCUT2D eigenvalue weighted by Gasteiger charge is -2.00. The molecule has 0 aromatic carbocycles. The van der Waals surface area contributed by atoms with Crippen molar-refractivity contribution in [3.05, 3.63) is 24.8 Å². The van der Waals surface area contributed by atoms with Crippen LogP contribution in [0.25, 0.3) is 0 Å². The van der Waals surface area contributed by atoms with Crippen LogP contribution in [0.15, 0.2) is 24.8 Å². The lowest BCUT2D eigenvalue weighted by Crippen LogP contribution is -2.31. The Hall–Kier alpha value is -1.78. The number of rotatable bonds is 2. The van der Waals surface area contributed by atoms with Gasteiger partial charge in [-0.2, -0.15) is 5.48 Å². The Morgan fingerprint density at radius 3 is 2.21 bits per heavy atom. The fourth-order valence-corrected chi connectivity index (χ4v) is 0.184. The van der Waals surface area contributed by atoms with E-state index in [4.69, 9.17) is 0 Å². The minimum atomic E-state index is -0.922. The van der Waals surface area contributed by atoms with Crippen LogP contribution in [0.2, 0.25) is 0 Å². The lowest BCUT2D eigenvalue weighted by atomic mass is 10.4. The molecule has 0 bridgehead atoms. The summed E-state index contributed by atoms with van der Waals surface area (Å²) in [7, 11) is 0. The predicted molar refractivity (Wildman–Crippen MR) is 54.1 cm³/mol. The Balaban J connectivity index is 0. The van der Waals surface area contributed by atoms with Crippen molar-refractivity contribution in [1.82, 2.24) is 5.48 Å². The summed E-state index contributed by atoms with van der Waals surface area (Å²) in [4.78, 5) is 24.5. The van der Waals surface area contributed by atoms with Crippen LogP contribution in [-0.4, -0.2) is 12.0 Å². The number of carbonyl (C=O) groups excluding carboxylic acids is 2. The van der Waals surface area contributed by atoms with Gasteiger partial charge in [-0.15, -0.1) is 6.58 Å². The van der Waals surface area contributed by atoms with E-state index < -0.39 is 12.0 Å². The number of hydrogen-bond acceptors (Lipinski definition) is 3. The predicted octanol–water partition coefficient (Wildman–Crippen LogP) is 1.27. The van der Waals surface area contributed by atoms with Gasteiger partial charge in [-0.3, -0.25) is 0 Å². The molecule has 0 aliphatic heterocycles. The smallest absolute Gasteiger partial charge is 0.349 e. The highest BCUT2D eigenvalue weighted by Crippen LogP contribution is 1.87. The van der Waals surface area contributed by atoms with Gasteiger partial charge >= 0.3 is 12.0 Å². The highest BCUT2D eigenvalue weighted by Gasteiger charge is 2.02. The molecule has 3 N–H and O–H groups in total. The topological polar surface area (TPSA) is 81.4 Å². The Bertz CT molecular complexity index is 224. The van der Waals surface area contributed by atoms with Gasteiger partial charge < -0.3 is 10.6 Å². The van der Waals surface area contributed by atoms with E-state index in [1.807, 2.05) is 6.08 Å². The van der Waals surface area contributed by atoms with E-state index >= 15 is 0 Å². The number of hydroxylamine groups is 1. The summed E-state index contributed by atoms with van der Waals surface area (Å²) < 4.78 is 0. The quantitative estimate of drug-likeness (QED) is 0.400. The summed E-state index contributed by atoms with van der Waals surface area (Å²) >= 11 is 0. The third-order valence-corrected chi connectivity index (χ3v) is 0.881. The average molecular weight is 200 g/mol. The van der Waals surface area contributed by atoms with Crippen LogP contribution in [0.1, 0.15) is 20.3 Å². The monoisotopic (exact) mass is 200 g/mol. The summed E-state index contributed by atoms with van der Waals surface area (Å²) in [6, 6.07) is -0.922. The molecule has 0 unspecified atom stereocenters. The summed E-state index contributed by atoms with van der Waals surface area (Å²) in [5, 5.41) is 0. The van der Waals surface area contributed by atoms with Gasteiger partial charge in [0.25, 0.3) is 0 Å². The second-order valence-corrected chi connectivity index (χ2v) is 2.33. The normalized spacial score (nSPS) is 7.57. The van der Waals surface area contributed by atoms with E-state index in [0.29, 0.717) is 0 Å². The zero-order chi connectivity index (χ0) is 11.6. The molecule has 5 heteroatoms. The molecule has 0 fully saturated rings. The van der Waals surface area contributed by atoms with Crippen LogP contribution in [0.5, 0.6) is 0 Å². The summed E-state index contributed by atoms with van der Waals surface area (Å²) in [5.41, 5.74) is 6.43. The maximum atomic E-state index is 10.5. The first-order chi connectivity index (χ1) is 6.45. The number of primary amides is 1. The zero-order valence-electron chi connectivity index (χ0n) is 8.50. The Kier molecular flexibility index (Phi) is 9.79. The maximum Gasteiger partial charge on any atom is 0.358 e. The van der Waals surface area contributed by atoms with Crippen molar-refractivity contribution < 1.29 is 14.4 Å². The third-order valence-electron chi connectivity index (χ3n) is 0.881. The average Bonchev–Trinajstić information content (AvgIpc) is 2.14. The van der Waals surface area contributed by atoms with Crippen molar-refractivity contribution in [1.29, 1.82) is 0 Å². The highest BCUT2D eigenvalue weighted by atomic mass is 16.7. The van der Waals surface area contributed by atoms with Crippen molar-refractivity contribution >= 4 is 12.0 Å². The molecular weight excluding hydrogens is 184 g/mol. The van der Waals surface area contributed by atoms with E-state index in [9.17, 15) is 9.59 Å². The molecule has 0 rings (SSSR count). The molecule has 0 aliphatic rings. The molecule has 0 spiro atoms. The van der Waals surface area contributed by atoms with E-state index in [-0.39, 0.29) is 5.57 Å². The van der Waals surface area contributed by atoms with Gasteiger partial charge in [-0.25, -0.2) is 9.59 Å². The highest BCUT2D eigenvalue weighted by molar-refractivity contribution is 5.87. The molecule has 2 amide bonds. The Morgan fingerprint density at radius 1 is 1.57 bits per heavy atom. The van der Waals surface area contributed by atoms with Crippen molar-refractivity contribution in [3.63, 3.8) is 0 Å². The molecule has 14 heavy (non-hydrogen) atoms. The summed E-state index contributed by atoms with van der Waals surface area (Å²) in [6.45, 7) is 10.3. The van der Waals surface area contributed by atoms with Gasteiger partial charge in [0.2, 0.25) is 0 Å². The minimum Gasteiger partial charge on any atom is -0.349 e. The number of nitrogens with one attached hydrogen (secondary N) is 1. The fourth-order valence-electron chi connectivity index (χ4n) is 0.184. The van der Waals surface area contributed by atoms with E-state index in [2.05, 4.69) is 30.7 Å². The molecule has 0 aromatic heterocycles. The molecule has 0 aromatic rings. The lowest BCUT2D eigenvalue weighted by molar-refractivity contribution is -0.143. The third kappa shape index (κ3) is 12.9. The first kappa shape index (κ1) is 14.7. The van der Waals surface area contributed by atoms with Crippen LogP contribution in [0.3, 0.4) is 0 Å². The van der Waals surface area contributed by atoms with Gasteiger partial charge in [-0.05, 0) is 13.3 Å². The van der Waals surface area contributed by atoms with Crippen LogP contribution < -0.4 is 11.2 Å². The van der Waals surface area contributed by atoms with Crippen molar-refractivity contribution in [2.45, 2.75) is 20.3 Å². The second kappa shape index (κ2) is 9.31. The molecule has 0 radical (unpaired) electrons. The Labute approximate surface area is 83.6 Å². The van der Waals surface area contributed by atoms with Crippen LogP contribution in [-0.2, 0) is 9.63 Å². The maximum absolute atomic E-state index is 10.5. The molecule has 0 aliphatic carbocycles. The molecule has 0 saturated carbocycles. The van der Waals surface area contributed by atoms with Gasteiger partial charge in [0, 0.05) is 5.57 Å². The number of nitrogens with two attached hydrogens (primary N) is 1. The van der Waals surface area contributed by atoms with E-state index in [0.717, 1.165) is 6.42 Å². The molecule has 0 saturated heterocycles. The number of hydrogen-bond donors (Lipinski definition) is 2. The fraction of sp³-hybridized carbons (Fsp3) is 0.333. The Morgan fingerprint density at radius 2 is 2.00 bits per heavy atom. The van der Waals surface area contributed by atoms with Crippen LogP contribution in [0.4, 0.5) is 4.79 Å². The standard InChI is InChI=1S/C5H8N2O3.C4H8/c1-3(2)4(8)10-7-5(6)9;1-3-4-2/h1H2,2H3,(H3,6,7,9);3H,1,4H2,2H3. The van der Waals surface area contributed by atoms with E-state index in [1.54, 1.807) is 5.48 Å². The SMILES string of the molecule is C=C(C)C(=O)ONC(N)=O.C=CCC. The molecular formula is C9H16N2O3. The van der Waals surface area contributed by atoms with Gasteiger partial charge in [0.05, 0.1) is 0 Å². The van der Waals surface area contributed by atoms with Gasteiger partial charge in [0.1, 0.15) is 0 Å². The van der Waals surface area contributed by atoms with Crippen molar-refractivity contribution in [2.24, 2.45) is 5.73 Å². The molecule has 0 atom stereocenters. The zero-order valence-corrected chi connectivity index (χ0v) is 8.50. The molecule has 80 valence electrons. The molecule has 0 heterocycles. The van der Waals surface area contributed by atoms with Crippen molar-refractivity contribution in [2.75, 3.05) is 0 Å². The summed E-state index contributed by atoms with van der Waals surface area (Å²) in [5.74, 6) is -0.709. The largest absolute Gasteiger partial charge is 0.358 e. The van der Waals surface area contributed by atoms with Crippen molar-refractivity contribution in [3.8, 4) is 0 Å². The number of carbonyl (C=O) groups is 2. The molecule has 5 nitrogen and oxygen atoms in total. The minimum absolute atomic E-state index is 0.189. The van der Waals surface area contributed by atoms with Crippen LogP contribution >= 0.6 is 0 Å². The first-order valence-corrected chi connectivity index (χ1v) is 3.98. The van der Waals surface area contributed by atoms with Crippen LogP contribution in [0, 0.1) is 0 Å². The van der Waals surface area contributed by atoms with E-state index in [1.165, 1.54) is 6.92 Å². The van der Waals surface area contributed by atoms with Gasteiger partial charge in [0.15, 0.2) is 0 Å². The number of urea groups is 1. The number of allylic oxidation sites excluding steroid dienone is 1. The number of amides is 2.